The van der Waals surface area contributed by atoms with E-state index in [0.29, 0.717) is 11.6 Å². The first kappa shape index (κ1) is 15.3. The van der Waals surface area contributed by atoms with Gasteiger partial charge in [-0.2, -0.15) is 0 Å². The van der Waals surface area contributed by atoms with Gasteiger partial charge in [0.05, 0.1) is 17.1 Å². The highest BCUT2D eigenvalue weighted by atomic mass is 35.5. The molecular weight excluding hydrogens is 253 g/mol. The molecule has 5 heteroatoms. The van der Waals surface area contributed by atoms with Crippen LogP contribution in [0.25, 0.3) is 0 Å². The Hall–Kier alpha value is 0.300. The number of nitrogens with zero attached hydrogens (tertiary/aromatic N) is 1. The zero-order chi connectivity index (χ0) is 12.2. The lowest BCUT2D eigenvalue weighted by Crippen LogP contribution is -2.60. The van der Waals surface area contributed by atoms with E-state index in [4.69, 9.17) is 23.2 Å². The van der Waals surface area contributed by atoms with Crippen molar-refractivity contribution < 1.29 is 9.28 Å². The number of hydrogen-bond acceptors (Lipinski definition) is 1. The molecule has 0 bridgehead atoms. The summed E-state index contributed by atoms with van der Waals surface area (Å²) < 4.78 is 0.200. The molecule has 0 aliphatic rings. The van der Waals surface area contributed by atoms with E-state index in [1.165, 1.54) is 5.54 Å². The van der Waals surface area contributed by atoms with Crippen LogP contribution in [0.4, 0.5) is 4.79 Å². The first-order valence-corrected chi connectivity index (χ1v) is 6.10. The molecule has 88 valence electrons. The molecule has 0 saturated heterocycles. The Balaban J connectivity index is 5.24. The van der Waals surface area contributed by atoms with E-state index in [0.717, 1.165) is 0 Å². The number of amides is 1. The molecule has 0 aliphatic carbocycles. The minimum Gasteiger partial charge on any atom is -0.242 e. The zero-order valence-electron chi connectivity index (χ0n) is 9.50. The smallest absolute Gasteiger partial charge is 0.242 e. The fourth-order valence-electron chi connectivity index (χ4n) is 1.76. The van der Waals surface area contributed by atoms with Crippen molar-refractivity contribution in [1.29, 1.82) is 0 Å². The number of halogens is 2. The first-order valence-electron chi connectivity index (χ1n) is 4.84. The van der Waals surface area contributed by atoms with E-state index in [9.17, 15) is 4.79 Å². The number of carbonyl (C=O) groups is 1. The van der Waals surface area contributed by atoms with Crippen LogP contribution in [0.1, 0.15) is 27.7 Å². The zero-order valence-corrected chi connectivity index (χ0v) is 11.9. The van der Waals surface area contributed by atoms with Gasteiger partial charge in [-0.1, -0.05) is 23.2 Å². The Bertz CT molecular complexity index is 256. The predicted octanol–water partition coefficient (Wildman–Crippen LogP) is 3.99. The molecule has 0 spiro atoms. The summed E-state index contributed by atoms with van der Waals surface area (Å²) in [6, 6.07) is 0.223. The monoisotopic (exact) mass is 270 g/mol. The van der Waals surface area contributed by atoms with Crippen molar-refractivity contribution in [1.82, 2.24) is 0 Å². The molecule has 2 nitrogen and oxygen atoms in total. The molecule has 0 aliphatic heterocycles. The van der Waals surface area contributed by atoms with Crippen LogP contribution in [0.3, 0.4) is 0 Å². The van der Waals surface area contributed by atoms with E-state index in [1.807, 2.05) is 27.7 Å². The second kappa shape index (κ2) is 6.14. The maximum absolute atomic E-state index is 11.7. The van der Waals surface area contributed by atoms with Gasteiger partial charge in [-0.15, -0.1) is 0 Å². The minimum absolute atomic E-state index is 0.111. The summed E-state index contributed by atoms with van der Waals surface area (Å²) >= 11 is 15.4. The fraction of sp³-hybridized carbons (Fsp3) is 0.700. The highest BCUT2D eigenvalue weighted by molar-refractivity contribution is 7.96. The first-order chi connectivity index (χ1) is 6.78. The van der Waals surface area contributed by atoms with Gasteiger partial charge in [-0.25, -0.2) is 9.28 Å². The molecule has 0 aromatic rings. The van der Waals surface area contributed by atoms with Crippen molar-refractivity contribution in [3.05, 3.63) is 10.6 Å². The van der Waals surface area contributed by atoms with Crippen molar-refractivity contribution in [2.45, 2.75) is 39.8 Å². The number of quaternary nitrogens is 1. The van der Waals surface area contributed by atoms with Crippen molar-refractivity contribution in [2.24, 2.45) is 0 Å². The summed E-state index contributed by atoms with van der Waals surface area (Å²) in [6.07, 6.45) is 0. The Morgan fingerprint density at radius 2 is 1.73 bits per heavy atom. The van der Waals surface area contributed by atoms with Gasteiger partial charge in [0, 0.05) is 5.54 Å². The van der Waals surface area contributed by atoms with Gasteiger partial charge < -0.3 is 0 Å². The average molecular weight is 271 g/mol. The number of hydrogen-bond donors (Lipinski definition) is 1. The third kappa shape index (κ3) is 3.38. The molecule has 0 saturated carbocycles. The Labute approximate surface area is 107 Å². The molecule has 15 heavy (non-hydrogen) atoms. The van der Waals surface area contributed by atoms with E-state index in [2.05, 4.69) is 12.6 Å². The molecule has 0 aromatic carbocycles. The van der Waals surface area contributed by atoms with Crippen LogP contribution in [0.5, 0.6) is 0 Å². The summed E-state index contributed by atoms with van der Waals surface area (Å²) in [7, 11) is 0. The molecule has 0 fully saturated rings. The number of thiol groups is 1. The van der Waals surface area contributed by atoms with E-state index in [1.54, 1.807) is 0 Å². The quantitative estimate of drug-likeness (QED) is 0.604. The molecule has 0 atom stereocenters. The molecule has 1 amide bonds. The van der Waals surface area contributed by atoms with Crippen LogP contribution in [0.15, 0.2) is 10.6 Å². The van der Waals surface area contributed by atoms with Gasteiger partial charge in [-0.3, -0.25) is 0 Å². The SMILES string of the molecule is CC(C)[N+](C/C(Cl)=C/Cl)(C(=O)S)C(C)C. The van der Waals surface area contributed by atoms with E-state index in [-0.39, 0.29) is 21.8 Å². The maximum Gasteiger partial charge on any atom is 0.372 e. The van der Waals surface area contributed by atoms with Crippen molar-refractivity contribution in [2.75, 3.05) is 6.54 Å². The van der Waals surface area contributed by atoms with Crippen molar-refractivity contribution in [3.8, 4) is 0 Å². The molecule has 0 N–H and O–H groups in total. The largest absolute Gasteiger partial charge is 0.372 e. The van der Waals surface area contributed by atoms with Crippen LogP contribution in [0, 0.1) is 0 Å². The normalized spacial score (nSPS) is 13.8. The summed E-state index contributed by atoms with van der Waals surface area (Å²) in [5.74, 6) is 0. The van der Waals surface area contributed by atoms with Crippen LogP contribution >= 0.6 is 35.8 Å². The van der Waals surface area contributed by atoms with Gasteiger partial charge >= 0.3 is 5.24 Å². The molecule has 0 rings (SSSR count). The maximum atomic E-state index is 11.7. The number of carbonyl (C=O) groups excluding carboxylic acids is 1. The lowest BCUT2D eigenvalue weighted by Gasteiger charge is -2.41. The van der Waals surface area contributed by atoms with Gasteiger partial charge in [0.15, 0.2) is 0 Å². The Morgan fingerprint density at radius 1 is 1.33 bits per heavy atom. The van der Waals surface area contributed by atoms with Gasteiger partial charge in [0.1, 0.15) is 6.54 Å². The number of rotatable bonds is 4. The van der Waals surface area contributed by atoms with Crippen molar-refractivity contribution in [3.63, 3.8) is 0 Å². The highest BCUT2D eigenvalue weighted by Gasteiger charge is 2.41. The minimum atomic E-state index is -0.184. The van der Waals surface area contributed by atoms with E-state index >= 15 is 0 Å². The standard InChI is InChI=1S/C10H17Cl2NOS/c1-7(2)13(8(3)4,10(14)15)6-9(12)5-11/h5,7-8H,6H2,1-4H3/p+1/b9-5-. The van der Waals surface area contributed by atoms with Crippen LogP contribution in [-0.4, -0.2) is 28.4 Å². The second-order valence-corrected chi connectivity index (χ2v) is 5.20. The summed E-state index contributed by atoms with van der Waals surface area (Å²) in [5, 5.41) is 0.290. The van der Waals surface area contributed by atoms with Gasteiger partial charge in [-0.05, 0) is 40.3 Å². The third-order valence-corrected chi connectivity index (χ3v) is 3.71. The van der Waals surface area contributed by atoms with Gasteiger partial charge in [0.2, 0.25) is 0 Å². The molecular formula is C10H18Cl2NOS+. The summed E-state index contributed by atoms with van der Waals surface area (Å²) in [5.41, 5.74) is 1.30. The molecule has 0 aromatic heterocycles. The van der Waals surface area contributed by atoms with Crippen LogP contribution < -0.4 is 0 Å². The van der Waals surface area contributed by atoms with Crippen LogP contribution in [0.2, 0.25) is 0 Å². The summed E-state index contributed by atoms with van der Waals surface area (Å²) in [4.78, 5) is 11.7. The lowest BCUT2D eigenvalue weighted by atomic mass is 10.1. The highest BCUT2D eigenvalue weighted by Crippen LogP contribution is 2.26. The van der Waals surface area contributed by atoms with E-state index < -0.39 is 0 Å². The Kier molecular flexibility index (Phi) is 6.26. The fourth-order valence-corrected chi connectivity index (χ4v) is 2.55. The van der Waals surface area contributed by atoms with Crippen molar-refractivity contribution >= 4 is 41.1 Å². The van der Waals surface area contributed by atoms with Gasteiger partial charge in [0.25, 0.3) is 0 Å². The third-order valence-electron chi connectivity index (χ3n) is 2.73. The second-order valence-electron chi connectivity index (χ2n) is 4.11. The topological polar surface area (TPSA) is 17.1 Å². The molecule has 0 radical (unpaired) electrons. The predicted molar refractivity (Wildman–Crippen MR) is 69.6 cm³/mol. The molecule has 0 heterocycles. The molecule has 0 unspecified atom stereocenters. The summed E-state index contributed by atoms with van der Waals surface area (Å²) in [6.45, 7) is 8.31. The Morgan fingerprint density at radius 3 is 1.93 bits per heavy atom. The average Bonchev–Trinajstić information content (AvgIpc) is 2.11. The van der Waals surface area contributed by atoms with Crippen LogP contribution in [-0.2, 0) is 0 Å². The lowest BCUT2D eigenvalue weighted by molar-refractivity contribution is -0.881.